The Hall–Kier alpha value is -2.67. The van der Waals surface area contributed by atoms with Crippen molar-refractivity contribution in [2.75, 3.05) is 5.43 Å². The molecule has 0 amide bonds. The summed E-state index contributed by atoms with van der Waals surface area (Å²) in [5.74, 6) is 6.47. The number of benzene rings is 1. The van der Waals surface area contributed by atoms with Crippen molar-refractivity contribution >= 4 is 11.5 Å². The molecule has 0 fully saturated rings. The molecule has 1 heterocycles. The minimum absolute atomic E-state index is 0.0957. The molecule has 7 nitrogen and oxygen atoms in total. The van der Waals surface area contributed by atoms with Gasteiger partial charge in [-0.2, -0.15) is 0 Å². The molecule has 1 aromatic heterocycles. The van der Waals surface area contributed by atoms with E-state index in [0.717, 1.165) is 11.1 Å². The summed E-state index contributed by atoms with van der Waals surface area (Å²) in [5.41, 5.74) is 4.75. The molecule has 21 heavy (non-hydrogen) atoms. The molecule has 0 bridgehead atoms. The van der Waals surface area contributed by atoms with E-state index in [4.69, 9.17) is 10.6 Å². The second-order valence-electron chi connectivity index (χ2n) is 4.64. The first-order valence-corrected chi connectivity index (χ1v) is 6.31. The van der Waals surface area contributed by atoms with Crippen molar-refractivity contribution in [3.8, 4) is 5.75 Å². The van der Waals surface area contributed by atoms with Crippen LogP contribution < -0.4 is 16.0 Å². The van der Waals surface area contributed by atoms with Crippen molar-refractivity contribution in [1.82, 2.24) is 4.98 Å². The number of aromatic nitrogens is 1. The molecule has 3 N–H and O–H groups in total. The van der Waals surface area contributed by atoms with Crippen LogP contribution in [0.25, 0.3) is 0 Å². The van der Waals surface area contributed by atoms with Crippen molar-refractivity contribution in [2.24, 2.45) is 5.84 Å². The van der Waals surface area contributed by atoms with Crippen molar-refractivity contribution in [3.63, 3.8) is 0 Å². The van der Waals surface area contributed by atoms with Crippen LogP contribution in [-0.4, -0.2) is 9.91 Å². The van der Waals surface area contributed by atoms with Gasteiger partial charge in [-0.1, -0.05) is 0 Å². The quantitative estimate of drug-likeness (QED) is 0.497. The van der Waals surface area contributed by atoms with Crippen LogP contribution in [0.5, 0.6) is 5.75 Å². The molecule has 1 aromatic carbocycles. The van der Waals surface area contributed by atoms with Gasteiger partial charge < -0.3 is 10.2 Å². The summed E-state index contributed by atoms with van der Waals surface area (Å²) >= 11 is 0. The monoisotopic (exact) mass is 288 g/mol. The fourth-order valence-corrected chi connectivity index (χ4v) is 1.93. The predicted octanol–water partition coefficient (Wildman–Crippen LogP) is 2.47. The average molecular weight is 288 g/mol. The van der Waals surface area contributed by atoms with Crippen molar-refractivity contribution < 1.29 is 9.66 Å². The molecule has 7 heteroatoms. The van der Waals surface area contributed by atoms with Crippen molar-refractivity contribution in [2.45, 2.75) is 20.5 Å². The number of pyridine rings is 1. The number of nitrogens with one attached hydrogen (secondary N) is 1. The molecule has 0 radical (unpaired) electrons. The van der Waals surface area contributed by atoms with Crippen molar-refractivity contribution in [1.29, 1.82) is 0 Å². The second kappa shape index (κ2) is 6.19. The summed E-state index contributed by atoms with van der Waals surface area (Å²) in [6, 6.07) is 6.78. The number of aryl methyl sites for hydroxylation is 2. The first kappa shape index (κ1) is 14.7. The number of nitrogens with two attached hydrogens (primary N) is 1. The molecule has 2 rings (SSSR count). The predicted molar refractivity (Wildman–Crippen MR) is 78.9 cm³/mol. The zero-order valence-electron chi connectivity index (χ0n) is 11.8. The molecule has 0 aliphatic heterocycles. The second-order valence-corrected chi connectivity index (χ2v) is 4.64. The minimum Gasteiger partial charge on any atom is -0.489 e. The van der Waals surface area contributed by atoms with E-state index in [1.807, 2.05) is 6.07 Å². The highest BCUT2D eigenvalue weighted by Crippen LogP contribution is 2.28. The van der Waals surface area contributed by atoms with E-state index in [2.05, 4.69) is 10.4 Å². The average Bonchev–Trinajstić information content (AvgIpc) is 2.47. The van der Waals surface area contributed by atoms with Gasteiger partial charge in [-0.3, -0.25) is 10.1 Å². The van der Waals surface area contributed by atoms with Crippen LogP contribution in [0.4, 0.5) is 11.5 Å². The molecule has 0 atom stereocenters. The van der Waals surface area contributed by atoms with Crippen LogP contribution >= 0.6 is 0 Å². The largest absolute Gasteiger partial charge is 0.489 e. The van der Waals surface area contributed by atoms with Crippen LogP contribution in [0.3, 0.4) is 0 Å². The SMILES string of the molecule is Cc1cc([N+](=O)[O-])c(C)cc1OCc1ccnc(NN)c1. The van der Waals surface area contributed by atoms with Crippen LogP contribution in [0, 0.1) is 24.0 Å². The zero-order valence-corrected chi connectivity index (χ0v) is 11.8. The van der Waals surface area contributed by atoms with Gasteiger partial charge in [0.25, 0.3) is 5.69 Å². The van der Waals surface area contributed by atoms with E-state index in [0.29, 0.717) is 23.7 Å². The van der Waals surface area contributed by atoms with E-state index in [1.54, 1.807) is 32.2 Å². The summed E-state index contributed by atoms with van der Waals surface area (Å²) in [7, 11) is 0. The molecule has 0 unspecified atom stereocenters. The van der Waals surface area contributed by atoms with Crippen LogP contribution in [0.2, 0.25) is 0 Å². The number of nitro groups is 1. The van der Waals surface area contributed by atoms with Crippen LogP contribution in [-0.2, 0) is 6.61 Å². The topological polar surface area (TPSA) is 103 Å². The maximum Gasteiger partial charge on any atom is 0.272 e. The molecule has 2 aromatic rings. The molecule has 110 valence electrons. The Bertz CT molecular complexity index is 673. The number of hydrogen-bond donors (Lipinski definition) is 2. The van der Waals surface area contributed by atoms with Crippen LogP contribution in [0.1, 0.15) is 16.7 Å². The van der Waals surface area contributed by atoms with E-state index in [-0.39, 0.29) is 5.69 Å². The van der Waals surface area contributed by atoms with Gasteiger partial charge >= 0.3 is 0 Å². The molecule has 0 saturated carbocycles. The number of nitrogens with zero attached hydrogens (tertiary/aromatic N) is 2. The molecule has 0 saturated heterocycles. The van der Waals surface area contributed by atoms with E-state index >= 15 is 0 Å². The van der Waals surface area contributed by atoms with Gasteiger partial charge in [-0.05, 0) is 43.2 Å². The van der Waals surface area contributed by atoms with Gasteiger partial charge in [0.1, 0.15) is 18.2 Å². The lowest BCUT2D eigenvalue weighted by Gasteiger charge is -2.11. The maximum absolute atomic E-state index is 10.9. The lowest BCUT2D eigenvalue weighted by atomic mass is 10.1. The number of hydrazine groups is 1. The van der Waals surface area contributed by atoms with E-state index in [1.165, 1.54) is 6.07 Å². The van der Waals surface area contributed by atoms with Gasteiger partial charge in [0, 0.05) is 17.8 Å². The van der Waals surface area contributed by atoms with Gasteiger partial charge in [0.2, 0.25) is 0 Å². The Morgan fingerprint density at radius 2 is 2.10 bits per heavy atom. The Balaban J connectivity index is 2.16. The first-order chi connectivity index (χ1) is 10.0. The van der Waals surface area contributed by atoms with Gasteiger partial charge in [0.05, 0.1) is 4.92 Å². The van der Waals surface area contributed by atoms with Crippen molar-refractivity contribution in [3.05, 3.63) is 57.3 Å². The Labute approximate surface area is 121 Å². The van der Waals surface area contributed by atoms with Crippen LogP contribution in [0.15, 0.2) is 30.5 Å². The van der Waals surface area contributed by atoms with Gasteiger partial charge in [-0.15, -0.1) is 0 Å². The summed E-state index contributed by atoms with van der Waals surface area (Å²) in [6.07, 6.45) is 1.63. The third-order valence-electron chi connectivity index (χ3n) is 3.06. The number of nitrogen functional groups attached to an aromatic ring is 1. The molecule has 0 aliphatic carbocycles. The highest BCUT2D eigenvalue weighted by molar-refractivity contribution is 5.49. The number of anilines is 1. The normalized spacial score (nSPS) is 10.2. The van der Waals surface area contributed by atoms with Gasteiger partial charge in [-0.25, -0.2) is 10.8 Å². The third kappa shape index (κ3) is 3.46. The molecule has 0 aliphatic rings. The standard InChI is InChI=1S/C14H16N4O3/c1-9-6-13(10(2)5-12(9)18(19)20)21-8-11-3-4-16-14(7-11)17-15/h3-7H,8,15H2,1-2H3,(H,16,17). The Morgan fingerprint density at radius 1 is 1.33 bits per heavy atom. The Morgan fingerprint density at radius 3 is 2.76 bits per heavy atom. The summed E-state index contributed by atoms with van der Waals surface area (Å²) < 4.78 is 5.72. The Kier molecular flexibility index (Phi) is 4.34. The van der Waals surface area contributed by atoms with E-state index in [9.17, 15) is 10.1 Å². The number of ether oxygens (including phenoxy) is 1. The maximum atomic E-state index is 10.9. The summed E-state index contributed by atoms with van der Waals surface area (Å²) in [4.78, 5) is 14.5. The highest BCUT2D eigenvalue weighted by atomic mass is 16.6. The number of rotatable bonds is 5. The summed E-state index contributed by atoms with van der Waals surface area (Å²) in [6.45, 7) is 3.80. The molecule has 0 spiro atoms. The lowest BCUT2D eigenvalue weighted by Crippen LogP contribution is -2.09. The third-order valence-corrected chi connectivity index (χ3v) is 3.06. The fourth-order valence-electron chi connectivity index (χ4n) is 1.93. The highest BCUT2D eigenvalue weighted by Gasteiger charge is 2.14. The lowest BCUT2D eigenvalue weighted by molar-refractivity contribution is -0.385. The van der Waals surface area contributed by atoms with E-state index < -0.39 is 4.92 Å². The number of nitro benzene ring substituents is 1. The first-order valence-electron chi connectivity index (χ1n) is 6.31. The number of hydrogen-bond acceptors (Lipinski definition) is 6. The zero-order chi connectivity index (χ0) is 15.4. The summed E-state index contributed by atoms with van der Waals surface area (Å²) in [5, 5.41) is 10.9. The minimum atomic E-state index is -0.395. The fraction of sp³-hybridized carbons (Fsp3) is 0.214. The smallest absolute Gasteiger partial charge is 0.272 e. The van der Waals surface area contributed by atoms with Gasteiger partial charge in [0.15, 0.2) is 0 Å². The molecular formula is C14H16N4O3. The molecular weight excluding hydrogens is 272 g/mol.